The zero-order valence-electron chi connectivity index (χ0n) is 10.7. The van der Waals surface area contributed by atoms with Crippen molar-refractivity contribution >= 4 is 28.1 Å². The third kappa shape index (κ3) is 3.03. The molecule has 0 fully saturated rings. The second-order valence-electron chi connectivity index (χ2n) is 4.15. The van der Waals surface area contributed by atoms with Gasteiger partial charge in [-0.1, -0.05) is 23.5 Å². The zero-order valence-corrected chi connectivity index (χ0v) is 11.5. The molecule has 0 aliphatic rings. The maximum absolute atomic E-state index is 10.8. The minimum absolute atomic E-state index is 0.202. The van der Waals surface area contributed by atoms with Crippen molar-refractivity contribution in [1.82, 2.24) is 15.2 Å². The lowest BCUT2D eigenvalue weighted by molar-refractivity contribution is 0.0702. The lowest BCUT2D eigenvalue weighted by Gasteiger charge is -2.04. The predicted octanol–water partition coefficient (Wildman–Crippen LogP) is 3.04. The van der Waals surface area contributed by atoms with Gasteiger partial charge in [-0.15, -0.1) is 0 Å². The number of anilines is 2. The maximum atomic E-state index is 10.8. The molecule has 1 aromatic carbocycles. The number of hydrogen-bond acceptors (Lipinski definition) is 6. The average molecular weight is 298 g/mol. The molecule has 2 N–H and O–H groups in total. The molecule has 6 nitrogen and oxygen atoms in total. The minimum Gasteiger partial charge on any atom is -0.477 e. The molecule has 0 atom stereocenters. The number of thiazole rings is 1. The van der Waals surface area contributed by atoms with Gasteiger partial charge in [0.1, 0.15) is 4.88 Å². The van der Waals surface area contributed by atoms with E-state index in [4.69, 9.17) is 5.11 Å². The number of rotatable bonds is 4. The summed E-state index contributed by atoms with van der Waals surface area (Å²) in [5.41, 5.74) is 2.58. The Balaban J connectivity index is 1.76. The lowest BCUT2D eigenvalue weighted by Crippen LogP contribution is -1.90. The molecule has 0 radical (unpaired) electrons. The smallest absolute Gasteiger partial charge is 0.347 e. The molecule has 21 heavy (non-hydrogen) atoms. The van der Waals surface area contributed by atoms with Gasteiger partial charge >= 0.3 is 5.97 Å². The fraction of sp³-hybridized carbons (Fsp3) is 0. The molecule has 0 aliphatic heterocycles. The summed E-state index contributed by atoms with van der Waals surface area (Å²) >= 11 is 1.09. The van der Waals surface area contributed by atoms with Gasteiger partial charge in [0, 0.05) is 17.4 Å². The standard InChI is InChI=1S/C14H10N4O2S/c19-13(20)12-8-15-14(21-12)17-10-5-3-9(4-6-10)11-2-1-7-16-18-11/h1-8H,(H,15,17)(H,19,20). The van der Waals surface area contributed by atoms with Gasteiger partial charge < -0.3 is 10.4 Å². The number of hydrogen-bond donors (Lipinski definition) is 2. The summed E-state index contributed by atoms with van der Waals surface area (Å²) in [6.45, 7) is 0. The van der Waals surface area contributed by atoms with E-state index in [2.05, 4.69) is 20.5 Å². The average Bonchev–Trinajstić information content (AvgIpc) is 2.98. The van der Waals surface area contributed by atoms with Crippen molar-refractivity contribution in [3.8, 4) is 11.3 Å². The molecular formula is C14H10N4O2S. The first kappa shape index (κ1) is 13.2. The van der Waals surface area contributed by atoms with Gasteiger partial charge in [0.05, 0.1) is 11.9 Å². The summed E-state index contributed by atoms with van der Waals surface area (Å²) < 4.78 is 0. The molecular weight excluding hydrogens is 288 g/mol. The largest absolute Gasteiger partial charge is 0.477 e. The minimum atomic E-state index is -0.974. The van der Waals surface area contributed by atoms with Crippen LogP contribution in [-0.4, -0.2) is 26.3 Å². The summed E-state index contributed by atoms with van der Waals surface area (Å²) in [5, 5.41) is 20.3. The number of aromatic carboxylic acids is 1. The molecule has 0 saturated heterocycles. The van der Waals surface area contributed by atoms with Crippen molar-refractivity contribution in [2.24, 2.45) is 0 Å². The van der Waals surface area contributed by atoms with E-state index < -0.39 is 5.97 Å². The number of carbonyl (C=O) groups is 1. The summed E-state index contributed by atoms with van der Waals surface area (Å²) in [5.74, 6) is -0.974. The van der Waals surface area contributed by atoms with Gasteiger partial charge in [-0.25, -0.2) is 9.78 Å². The number of benzene rings is 1. The molecule has 2 heterocycles. The Hall–Kier alpha value is -2.80. The van der Waals surface area contributed by atoms with E-state index in [1.54, 1.807) is 6.20 Å². The van der Waals surface area contributed by atoms with Crippen LogP contribution in [0.1, 0.15) is 9.67 Å². The van der Waals surface area contributed by atoms with Crippen LogP contribution in [0.3, 0.4) is 0 Å². The Bertz CT molecular complexity index is 756. The second-order valence-corrected chi connectivity index (χ2v) is 5.18. The summed E-state index contributed by atoms with van der Waals surface area (Å²) in [4.78, 5) is 15.0. The SMILES string of the molecule is O=C(O)c1cnc(Nc2ccc(-c3cccnn3)cc2)s1. The molecule has 3 rings (SSSR count). The quantitative estimate of drug-likeness (QED) is 0.769. The third-order valence-electron chi connectivity index (χ3n) is 2.72. The first-order chi connectivity index (χ1) is 10.2. The van der Waals surface area contributed by atoms with Crippen LogP contribution in [0.15, 0.2) is 48.8 Å². The molecule has 0 aliphatic carbocycles. The zero-order chi connectivity index (χ0) is 14.7. The van der Waals surface area contributed by atoms with Gasteiger partial charge in [0.15, 0.2) is 5.13 Å². The van der Waals surface area contributed by atoms with Gasteiger partial charge in [0.2, 0.25) is 0 Å². The van der Waals surface area contributed by atoms with Gasteiger partial charge in [-0.3, -0.25) is 0 Å². The molecule has 0 amide bonds. The fourth-order valence-electron chi connectivity index (χ4n) is 1.73. The van der Waals surface area contributed by atoms with Crippen molar-refractivity contribution in [2.45, 2.75) is 0 Å². The highest BCUT2D eigenvalue weighted by Gasteiger charge is 2.08. The fourth-order valence-corrected chi connectivity index (χ4v) is 2.41. The highest BCUT2D eigenvalue weighted by Crippen LogP contribution is 2.24. The Morgan fingerprint density at radius 2 is 2.00 bits per heavy atom. The Morgan fingerprint density at radius 3 is 2.62 bits per heavy atom. The highest BCUT2D eigenvalue weighted by atomic mass is 32.1. The Morgan fingerprint density at radius 1 is 1.19 bits per heavy atom. The van der Waals surface area contributed by atoms with Crippen molar-refractivity contribution in [1.29, 1.82) is 0 Å². The lowest BCUT2D eigenvalue weighted by atomic mass is 10.1. The molecule has 2 aromatic heterocycles. The van der Waals surface area contributed by atoms with Crippen molar-refractivity contribution in [3.05, 3.63) is 53.7 Å². The van der Waals surface area contributed by atoms with E-state index in [0.717, 1.165) is 28.3 Å². The Kier molecular flexibility index (Phi) is 3.57. The Labute approximate surface area is 124 Å². The van der Waals surface area contributed by atoms with Crippen molar-refractivity contribution < 1.29 is 9.90 Å². The molecule has 0 saturated carbocycles. The van der Waals surface area contributed by atoms with Crippen LogP contribution in [-0.2, 0) is 0 Å². The van der Waals surface area contributed by atoms with Crippen LogP contribution < -0.4 is 5.32 Å². The van der Waals surface area contributed by atoms with Crippen LogP contribution in [0.2, 0.25) is 0 Å². The van der Waals surface area contributed by atoms with E-state index in [1.807, 2.05) is 36.4 Å². The predicted molar refractivity (Wildman–Crippen MR) is 79.8 cm³/mol. The van der Waals surface area contributed by atoms with E-state index in [0.29, 0.717) is 5.13 Å². The normalized spacial score (nSPS) is 10.3. The van der Waals surface area contributed by atoms with Crippen LogP contribution in [0.25, 0.3) is 11.3 Å². The van der Waals surface area contributed by atoms with Crippen LogP contribution >= 0.6 is 11.3 Å². The van der Waals surface area contributed by atoms with E-state index in [1.165, 1.54) is 6.20 Å². The van der Waals surface area contributed by atoms with Crippen molar-refractivity contribution in [3.63, 3.8) is 0 Å². The number of nitrogens with zero attached hydrogens (tertiary/aromatic N) is 3. The number of nitrogens with one attached hydrogen (secondary N) is 1. The summed E-state index contributed by atoms with van der Waals surface area (Å²) in [6, 6.07) is 11.3. The van der Waals surface area contributed by atoms with Crippen molar-refractivity contribution in [2.75, 3.05) is 5.32 Å². The number of carboxylic acids is 1. The molecule has 7 heteroatoms. The molecule has 0 unspecified atom stereocenters. The van der Waals surface area contributed by atoms with E-state index in [-0.39, 0.29) is 4.88 Å². The molecule has 0 spiro atoms. The molecule has 0 bridgehead atoms. The first-order valence-electron chi connectivity index (χ1n) is 6.06. The van der Waals surface area contributed by atoms with Crippen LogP contribution in [0.4, 0.5) is 10.8 Å². The first-order valence-corrected chi connectivity index (χ1v) is 6.88. The number of aromatic nitrogens is 3. The molecule has 104 valence electrons. The van der Waals surface area contributed by atoms with E-state index >= 15 is 0 Å². The van der Waals surface area contributed by atoms with Gasteiger partial charge in [-0.2, -0.15) is 10.2 Å². The molecule has 3 aromatic rings. The van der Waals surface area contributed by atoms with Gasteiger partial charge in [-0.05, 0) is 24.3 Å². The third-order valence-corrected chi connectivity index (χ3v) is 3.62. The van der Waals surface area contributed by atoms with Crippen LogP contribution in [0, 0.1) is 0 Å². The highest BCUT2D eigenvalue weighted by molar-refractivity contribution is 7.17. The second kappa shape index (κ2) is 5.68. The summed E-state index contributed by atoms with van der Waals surface area (Å²) in [6.07, 6.45) is 2.96. The summed E-state index contributed by atoms with van der Waals surface area (Å²) in [7, 11) is 0. The number of carboxylic acid groups (broad SMARTS) is 1. The maximum Gasteiger partial charge on any atom is 0.347 e. The monoisotopic (exact) mass is 298 g/mol. The van der Waals surface area contributed by atoms with E-state index in [9.17, 15) is 4.79 Å². The topological polar surface area (TPSA) is 88.0 Å². The van der Waals surface area contributed by atoms with Gasteiger partial charge in [0.25, 0.3) is 0 Å². The van der Waals surface area contributed by atoms with Crippen LogP contribution in [0.5, 0.6) is 0 Å².